The van der Waals surface area contributed by atoms with E-state index in [1.165, 1.54) is 58.5 Å². The van der Waals surface area contributed by atoms with E-state index in [9.17, 15) is 58.9 Å². The maximum absolute atomic E-state index is 11.7. The first-order valence-electron chi connectivity index (χ1n) is 32.2. The third-order valence-corrected chi connectivity index (χ3v) is 27.7. The first-order valence-corrected chi connectivity index (χ1v) is 44.0. The largest absolute Gasteiger partial charge is 0.384 e. The molecule has 0 atom stereocenters. The van der Waals surface area contributed by atoms with Crippen LogP contribution in [0, 0.1) is 35.5 Å². The second-order valence-corrected chi connectivity index (χ2v) is 40.9. The molecule has 5 aliphatic rings. The first kappa shape index (κ1) is 88.4. The van der Waals surface area contributed by atoms with Gasteiger partial charge in [-0.2, -0.15) is 0 Å². The molecule has 0 aromatic heterocycles. The zero-order valence-corrected chi connectivity index (χ0v) is 62.4. The van der Waals surface area contributed by atoms with Crippen molar-refractivity contribution in [3.05, 3.63) is 0 Å². The zero-order chi connectivity index (χ0) is 67.3. The van der Waals surface area contributed by atoms with E-state index in [0.29, 0.717) is 66.3 Å². The topological polar surface area (TPSA) is 315 Å². The summed E-state index contributed by atoms with van der Waals surface area (Å²) < 4.78 is 184. The van der Waals surface area contributed by atoms with Gasteiger partial charge in [-0.1, -0.05) is 99.3 Å². The van der Waals surface area contributed by atoms with Crippen LogP contribution in [-0.2, 0) is 83.8 Å². The van der Waals surface area contributed by atoms with Crippen molar-refractivity contribution < 1.29 is 73.1 Å². The lowest BCUT2D eigenvalue weighted by atomic mass is 9.91. The standard InChI is InChI=1S/C11H22O2S.C10H21NO2S.C9H19NO2S.C8H19NO4S.C8H16O2S.C7H16O3S.C6H13NO2S/c1-10(2)8-14(12,13)9-11-6-4-3-5-7-11;1-9(2)11-14(12,13)8-10-6-4-3-5-7-10;1-8(2)10-13(11,12)7-9-5-3-4-6-9;1-8(2)9-14(10,11)7-6-13-5-4-12-3;1-7(2)6-11(9,10)8-4-3-5-8;1-7(2)6-11(8,9)5-4-10-3;1-5(2)7-10(8,9)6-3-4-6/h10-11H,3-9H2,1-2H3;9-11H,3-8H2,1-2H3;8-10H,3-7H2,1-2H3;8-9H,4-7H2,1-3H3;7-8H,3-6H2,1-2H3;7H,4-6H2,1-3H3;5-7H,3-4H2,1-2H3. The van der Waals surface area contributed by atoms with Crippen molar-refractivity contribution in [2.45, 2.75) is 254 Å². The second-order valence-electron chi connectivity index (χ2n) is 26.7. The van der Waals surface area contributed by atoms with Gasteiger partial charge in [0.1, 0.15) is 0 Å². The lowest BCUT2D eigenvalue weighted by Crippen LogP contribution is -2.35. The summed E-state index contributed by atoms with van der Waals surface area (Å²) in [6, 6.07) is -0.000399. The molecule has 5 aliphatic carbocycles. The fourth-order valence-corrected chi connectivity index (χ4v) is 22.4. The van der Waals surface area contributed by atoms with Crippen molar-refractivity contribution in [3.8, 4) is 0 Å². The number of hydrogen-bond acceptors (Lipinski definition) is 17. The van der Waals surface area contributed by atoms with Crippen LogP contribution in [0.5, 0.6) is 0 Å². The van der Waals surface area contributed by atoms with Gasteiger partial charge in [0.15, 0.2) is 29.5 Å². The van der Waals surface area contributed by atoms with Gasteiger partial charge in [0.05, 0.1) is 83.0 Å². The summed E-state index contributed by atoms with van der Waals surface area (Å²) in [4.78, 5) is 0. The van der Waals surface area contributed by atoms with Crippen molar-refractivity contribution >= 4 is 69.6 Å². The maximum atomic E-state index is 11.7. The highest BCUT2D eigenvalue weighted by Gasteiger charge is 2.36. The molecule has 5 rings (SSSR count). The van der Waals surface area contributed by atoms with Crippen LogP contribution in [0.25, 0.3) is 0 Å². The lowest BCUT2D eigenvalue weighted by molar-refractivity contribution is 0.0784. The molecular formula is C59H126N4O17S7. The molecule has 0 aromatic rings. The molecule has 4 N–H and O–H groups in total. The Morgan fingerprint density at radius 2 is 0.690 bits per heavy atom. The van der Waals surface area contributed by atoms with Gasteiger partial charge < -0.3 is 14.2 Å². The van der Waals surface area contributed by atoms with Crippen LogP contribution in [0.15, 0.2) is 0 Å². The van der Waals surface area contributed by atoms with Gasteiger partial charge in [-0.05, 0) is 155 Å². The van der Waals surface area contributed by atoms with Gasteiger partial charge >= 0.3 is 0 Å². The van der Waals surface area contributed by atoms with E-state index in [2.05, 4.69) is 23.6 Å². The molecule has 0 radical (unpaired) electrons. The minimum atomic E-state index is -3.18. The van der Waals surface area contributed by atoms with Crippen molar-refractivity contribution in [2.75, 3.05) is 86.7 Å². The molecule has 526 valence electrons. The highest BCUT2D eigenvalue weighted by Crippen LogP contribution is 2.30. The summed E-state index contributed by atoms with van der Waals surface area (Å²) in [5.74, 6) is 4.21. The number of methoxy groups -OCH3 is 2. The first-order chi connectivity index (χ1) is 40.0. The van der Waals surface area contributed by atoms with Crippen LogP contribution in [0.1, 0.15) is 219 Å². The van der Waals surface area contributed by atoms with E-state index in [1.807, 2.05) is 83.1 Å². The molecule has 87 heavy (non-hydrogen) atoms. The Kier molecular flexibility index (Phi) is 46.4. The molecule has 5 saturated carbocycles. The second kappa shape index (κ2) is 45.7. The lowest BCUT2D eigenvalue weighted by Gasteiger charge is -2.25. The Morgan fingerprint density at radius 1 is 0.333 bits per heavy atom. The quantitative estimate of drug-likeness (QED) is 0.0471. The van der Waals surface area contributed by atoms with Crippen molar-refractivity contribution in [2.24, 2.45) is 35.5 Å². The Bertz CT molecular complexity index is 2520. The zero-order valence-electron chi connectivity index (χ0n) is 56.6. The molecule has 5 fully saturated rings. The van der Waals surface area contributed by atoms with Crippen LogP contribution < -0.4 is 18.9 Å². The normalized spacial score (nSPS) is 17.9. The minimum absolute atomic E-state index is 0.00454. The van der Waals surface area contributed by atoms with Gasteiger partial charge in [0.25, 0.3) is 0 Å². The number of nitrogens with one attached hydrogen (secondary N) is 4. The average Bonchev–Trinajstić information content (AvgIpc) is 3.86. The summed E-state index contributed by atoms with van der Waals surface area (Å²) in [6.45, 7) is 27.7. The van der Waals surface area contributed by atoms with Crippen LogP contribution in [-0.4, -0.2) is 180 Å². The highest BCUT2D eigenvalue weighted by atomic mass is 32.2. The van der Waals surface area contributed by atoms with E-state index in [-0.39, 0.29) is 76.3 Å². The van der Waals surface area contributed by atoms with Crippen LogP contribution in [0.4, 0.5) is 0 Å². The number of ether oxygens (including phenoxy) is 3. The molecule has 0 aromatic carbocycles. The Hall–Kier alpha value is -0.630. The molecule has 0 heterocycles. The SMILES string of the molecule is CC(C)CS(=O)(=O)C1CCC1.CC(C)CS(=O)(=O)CC1CCCCC1.CC(C)NS(=O)(=O)C1CC1.CC(C)NS(=O)(=O)CC1CCCC1.CC(C)NS(=O)(=O)CC1CCCCC1.COCCOCCS(=O)(=O)NC(C)C.COCCS(=O)(=O)CC(C)C. The molecule has 28 heteroatoms. The van der Waals surface area contributed by atoms with E-state index < -0.39 is 69.6 Å². The monoisotopic (exact) mass is 1390 g/mol. The Morgan fingerprint density at radius 3 is 1.02 bits per heavy atom. The third-order valence-electron chi connectivity index (χ3n) is 13.8. The highest BCUT2D eigenvalue weighted by molar-refractivity contribution is 7.92. The summed E-state index contributed by atoms with van der Waals surface area (Å²) in [6.07, 6.45) is 20.9. The van der Waals surface area contributed by atoms with Crippen LogP contribution in [0.3, 0.4) is 0 Å². The number of hydrogen-bond donors (Lipinski definition) is 4. The summed E-state index contributed by atoms with van der Waals surface area (Å²) in [5.41, 5.74) is 0. The van der Waals surface area contributed by atoms with Crippen molar-refractivity contribution in [1.29, 1.82) is 0 Å². The molecular weight excluding hydrogens is 1260 g/mol. The Labute approximate surface area is 533 Å². The summed E-state index contributed by atoms with van der Waals surface area (Å²) in [5, 5.41) is -0.0835. The molecule has 0 unspecified atom stereocenters. The summed E-state index contributed by atoms with van der Waals surface area (Å²) in [7, 11) is -17.5. The van der Waals surface area contributed by atoms with Crippen LogP contribution in [0.2, 0.25) is 0 Å². The molecule has 0 saturated heterocycles. The number of sulfonamides is 4. The predicted molar refractivity (Wildman–Crippen MR) is 359 cm³/mol. The van der Waals surface area contributed by atoms with E-state index in [4.69, 9.17) is 9.47 Å². The van der Waals surface area contributed by atoms with Gasteiger partial charge in [0.2, 0.25) is 40.1 Å². The van der Waals surface area contributed by atoms with Crippen LogP contribution >= 0.6 is 0 Å². The smallest absolute Gasteiger partial charge is 0.214 e. The fourth-order valence-electron chi connectivity index (χ4n) is 10.0. The molecule has 0 spiro atoms. The van der Waals surface area contributed by atoms with Crippen molar-refractivity contribution in [1.82, 2.24) is 18.9 Å². The molecule has 21 nitrogen and oxygen atoms in total. The maximum Gasteiger partial charge on any atom is 0.214 e. The van der Waals surface area contributed by atoms with E-state index >= 15 is 0 Å². The van der Waals surface area contributed by atoms with Crippen molar-refractivity contribution in [3.63, 3.8) is 0 Å². The van der Waals surface area contributed by atoms with E-state index in [1.54, 1.807) is 21.0 Å². The Balaban J connectivity index is 0. The molecule has 0 amide bonds. The third kappa shape index (κ3) is 52.4. The minimum Gasteiger partial charge on any atom is -0.384 e. The number of sulfone groups is 3. The van der Waals surface area contributed by atoms with Gasteiger partial charge in [-0.25, -0.2) is 77.8 Å². The predicted octanol–water partition coefficient (Wildman–Crippen LogP) is 8.80. The van der Waals surface area contributed by atoms with Gasteiger partial charge in [-0.3, -0.25) is 0 Å². The van der Waals surface area contributed by atoms with Gasteiger partial charge in [-0.15, -0.1) is 0 Å². The molecule has 0 bridgehead atoms. The summed E-state index contributed by atoms with van der Waals surface area (Å²) >= 11 is 0. The fraction of sp³-hybridized carbons (Fsp3) is 1.00. The molecule has 0 aliphatic heterocycles. The van der Waals surface area contributed by atoms with Gasteiger partial charge in [0, 0.05) is 38.4 Å². The van der Waals surface area contributed by atoms with E-state index in [0.717, 1.165) is 70.6 Å². The average molecular weight is 1390 g/mol. The number of rotatable bonds is 31.